The number of aromatic nitrogens is 2. The van der Waals surface area contributed by atoms with E-state index in [0.717, 1.165) is 29.0 Å². The zero-order valence-electron chi connectivity index (χ0n) is 12.6. The van der Waals surface area contributed by atoms with Gasteiger partial charge in [0.1, 0.15) is 10.6 Å². The van der Waals surface area contributed by atoms with Gasteiger partial charge in [-0.3, -0.25) is 0 Å². The molecule has 110 valence electrons. The zero-order valence-corrected chi connectivity index (χ0v) is 14.2. The maximum atomic E-state index is 6.02. The lowest BCUT2D eigenvalue weighted by atomic mass is 10.0. The second-order valence-corrected chi connectivity index (χ2v) is 7.14. The third-order valence-corrected chi connectivity index (χ3v) is 5.01. The Morgan fingerprint density at radius 3 is 2.65 bits per heavy atom. The molecule has 0 aliphatic carbocycles. The molecule has 20 heavy (non-hydrogen) atoms. The maximum absolute atomic E-state index is 6.02. The van der Waals surface area contributed by atoms with Crippen LogP contribution in [0.3, 0.4) is 0 Å². The van der Waals surface area contributed by atoms with E-state index in [-0.39, 0.29) is 5.54 Å². The number of halogens is 1. The highest BCUT2D eigenvalue weighted by molar-refractivity contribution is 7.18. The van der Waals surface area contributed by atoms with Crippen LogP contribution in [0.25, 0.3) is 10.2 Å². The molecule has 0 unspecified atom stereocenters. The third kappa shape index (κ3) is 3.22. The van der Waals surface area contributed by atoms with Crippen molar-refractivity contribution in [2.75, 3.05) is 26.0 Å². The Morgan fingerprint density at radius 1 is 1.35 bits per heavy atom. The van der Waals surface area contributed by atoms with E-state index < -0.39 is 0 Å². The van der Waals surface area contributed by atoms with E-state index in [4.69, 9.17) is 11.6 Å². The largest absolute Gasteiger partial charge is 0.368 e. The number of nitrogens with one attached hydrogen (secondary N) is 1. The monoisotopic (exact) mass is 312 g/mol. The Morgan fingerprint density at radius 2 is 2.05 bits per heavy atom. The predicted octanol–water partition coefficient (Wildman–Crippen LogP) is 3.66. The summed E-state index contributed by atoms with van der Waals surface area (Å²) in [4.78, 5) is 13.1. The van der Waals surface area contributed by atoms with Crippen molar-refractivity contribution in [3.63, 3.8) is 0 Å². The molecule has 2 heterocycles. The molecule has 0 aromatic carbocycles. The van der Waals surface area contributed by atoms with Gasteiger partial charge in [0.2, 0.25) is 5.28 Å². The number of aryl methyl sites for hydroxylation is 1. The molecule has 4 nitrogen and oxygen atoms in total. The van der Waals surface area contributed by atoms with Gasteiger partial charge in [0, 0.05) is 17.0 Å². The van der Waals surface area contributed by atoms with Gasteiger partial charge in [0.25, 0.3) is 0 Å². The molecule has 0 amide bonds. The van der Waals surface area contributed by atoms with Gasteiger partial charge in [0.15, 0.2) is 0 Å². The van der Waals surface area contributed by atoms with E-state index in [0.29, 0.717) is 5.28 Å². The van der Waals surface area contributed by atoms with E-state index >= 15 is 0 Å². The van der Waals surface area contributed by atoms with Crippen molar-refractivity contribution in [2.24, 2.45) is 0 Å². The van der Waals surface area contributed by atoms with Gasteiger partial charge < -0.3 is 10.2 Å². The number of anilines is 1. The molecule has 0 saturated heterocycles. The molecular weight excluding hydrogens is 292 g/mol. The van der Waals surface area contributed by atoms with Crippen LogP contribution in [-0.2, 0) is 6.42 Å². The van der Waals surface area contributed by atoms with Crippen molar-refractivity contribution in [3.05, 3.63) is 16.2 Å². The van der Waals surface area contributed by atoms with E-state index in [2.05, 4.69) is 61.1 Å². The van der Waals surface area contributed by atoms with Crippen molar-refractivity contribution >= 4 is 39.0 Å². The van der Waals surface area contributed by atoms with Crippen LogP contribution < -0.4 is 5.32 Å². The molecule has 2 aromatic rings. The van der Waals surface area contributed by atoms with Gasteiger partial charge in [-0.2, -0.15) is 0 Å². The molecule has 0 atom stereocenters. The minimum Gasteiger partial charge on any atom is -0.368 e. The Kier molecular flexibility index (Phi) is 4.52. The maximum Gasteiger partial charge on any atom is 0.225 e. The molecule has 0 aliphatic rings. The summed E-state index contributed by atoms with van der Waals surface area (Å²) >= 11 is 7.70. The van der Waals surface area contributed by atoms with Crippen LogP contribution in [0.2, 0.25) is 5.28 Å². The van der Waals surface area contributed by atoms with E-state index in [1.165, 1.54) is 4.88 Å². The molecule has 0 spiro atoms. The second-order valence-electron chi connectivity index (χ2n) is 5.69. The van der Waals surface area contributed by atoms with Crippen molar-refractivity contribution < 1.29 is 0 Å². The van der Waals surface area contributed by atoms with Crippen LogP contribution in [0.4, 0.5) is 5.82 Å². The van der Waals surface area contributed by atoms with Crippen LogP contribution in [0.15, 0.2) is 6.07 Å². The third-order valence-electron chi connectivity index (χ3n) is 3.66. The molecule has 6 heteroatoms. The van der Waals surface area contributed by atoms with E-state index in [1.54, 1.807) is 11.3 Å². The first kappa shape index (κ1) is 15.5. The summed E-state index contributed by atoms with van der Waals surface area (Å²) in [7, 11) is 4.15. The first-order valence-corrected chi connectivity index (χ1v) is 7.90. The highest BCUT2D eigenvalue weighted by Gasteiger charge is 2.21. The normalized spacial score (nSPS) is 12.3. The van der Waals surface area contributed by atoms with Crippen molar-refractivity contribution in [3.8, 4) is 0 Å². The second kappa shape index (κ2) is 5.84. The molecule has 0 radical (unpaired) electrons. The summed E-state index contributed by atoms with van der Waals surface area (Å²) in [6, 6.07) is 2.15. The van der Waals surface area contributed by atoms with E-state index in [9.17, 15) is 0 Å². The van der Waals surface area contributed by atoms with Crippen LogP contribution in [0.1, 0.15) is 25.6 Å². The number of fused-ring (bicyclic) bond motifs is 1. The van der Waals surface area contributed by atoms with Gasteiger partial charge in [0.05, 0.1) is 5.39 Å². The number of likely N-dealkylation sites (N-methyl/N-ethyl adjacent to an activating group) is 1. The molecule has 1 N–H and O–H groups in total. The lowest BCUT2D eigenvalue weighted by Crippen LogP contribution is -2.44. The van der Waals surface area contributed by atoms with Crippen molar-refractivity contribution in [1.29, 1.82) is 0 Å². The van der Waals surface area contributed by atoms with Crippen molar-refractivity contribution in [2.45, 2.75) is 32.7 Å². The molecule has 0 saturated carbocycles. The highest BCUT2D eigenvalue weighted by Crippen LogP contribution is 2.30. The SMILES string of the molecule is CCc1cc2c(NCC(C)(C)N(C)C)nc(Cl)nc2s1. The lowest BCUT2D eigenvalue weighted by molar-refractivity contribution is 0.210. The van der Waals surface area contributed by atoms with E-state index in [1.807, 2.05) is 0 Å². The number of rotatable bonds is 5. The minimum atomic E-state index is 0.0351. The first-order chi connectivity index (χ1) is 9.33. The average Bonchev–Trinajstić information content (AvgIpc) is 2.78. The Bertz CT molecular complexity index is 606. The van der Waals surface area contributed by atoms with Crippen LogP contribution >= 0.6 is 22.9 Å². The molecule has 0 fully saturated rings. The van der Waals surface area contributed by atoms with Gasteiger partial charge >= 0.3 is 0 Å². The highest BCUT2D eigenvalue weighted by atomic mass is 35.5. The van der Waals surface area contributed by atoms with Gasteiger partial charge in [-0.1, -0.05) is 6.92 Å². The summed E-state index contributed by atoms with van der Waals surface area (Å²) in [5.74, 6) is 0.825. The van der Waals surface area contributed by atoms with Gasteiger partial charge in [-0.05, 0) is 52.0 Å². The molecule has 0 bridgehead atoms. The van der Waals surface area contributed by atoms with Crippen molar-refractivity contribution in [1.82, 2.24) is 14.9 Å². The fourth-order valence-corrected chi connectivity index (χ4v) is 2.90. The molecule has 2 rings (SSSR count). The quantitative estimate of drug-likeness (QED) is 0.855. The fourth-order valence-electron chi connectivity index (χ4n) is 1.71. The first-order valence-electron chi connectivity index (χ1n) is 6.70. The van der Waals surface area contributed by atoms with Crippen LogP contribution in [-0.4, -0.2) is 41.0 Å². The molecule has 0 aliphatic heterocycles. The summed E-state index contributed by atoms with van der Waals surface area (Å²) in [5.41, 5.74) is 0.0351. The summed E-state index contributed by atoms with van der Waals surface area (Å²) in [6.45, 7) is 7.30. The molecular formula is C14H21ClN4S. The topological polar surface area (TPSA) is 41.0 Å². The zero-order chi connectivity index (χ0) is 14.9. The number of hydrogen-bond donors (Lipinski definition) is 1. The predicted molar refractivity (Wildman–Crippen MR) is 88.1 cm³/mol. The summed E-state index contributed by atoms with van der Waals surface area (Å²) in [5, 5.41) is 4.78. The van der Waals surface area contributed by atoms with Crippen LogP contribution in [0, 0.1) is 0 Å². The molecule has 2 aromatic heterocycles. The summed E-state index contributed by atoms with van der Waals surface area (Å²) < 4.78 is 0. The smallest absolute Gasteiger partial charge is 0.225 e. The fraction of sp³-hybridized carbons (Fsp3) is 0.571. The number of thiophene rings is 1. The Hall–Kier alpha value is -0.910. The van der Waals surface area contributed by atoms with Gasteiger partial charge in [-0.15, -0.1) is 11.3 Å². The lowest BCUT2D eigenvalue weighted by Gasteiger charge is -2.32. The Labute approximate surface area is 129 Å². The standard InChI is InChI=1S/C14H21ClN4S/c1-6-9-7-10-11(16-8-14(2,3)19(4)5)17-13(15)18-12(10)20-9/h7H,6,8H2,1-5H3,(H,16,17,18). The van der Waals surface area contributed by atoms with Crippen LogP contribution in [0.5, 0.6) is 0 Å². The summed E-state index contributed by atoms with van der Waals surface area (Å²) in [6.07, 6.45) is 1.00. The van der Waals surface area contributed by atoms with Gasteiger partial charge in [-0.25, -0.2) is 9.97 Å². The minimum absolute atomic E-state index is 0.0351. The Balaban J connectivity index is 2.31. The average molecular weight is 313 g/mol. The number of hydrogen-bond acceptors (Lipinski definition) is 5. The number of nitrogens with zero attached hydrogens (tertiary/aromatic N) is 3.